The van der Waals surface area contributed by atoms with E-state index in [0.717, 1.165) is 30.7 Å². The van der Waals surface area contributed by atoms with Crippen LogP contribution in [0.4, 0.5) is 0 Å². The highest BCUT2D eigenvalue weighted by Crippen LogP contribution is 2.28. The van der Waals surface area contributed by atoms with E-state index in [1.54, 1.807) is 0 Å². The van der Waals surface area contributed by atoms with E-state index >= 15 is 0 Å². The van der Waals surface area contributed by atoms with Gasteiger partial charge in [0.2, 0.25) is 5.91 Å². The van der Waals surface area contributed by atoms with Crippen LogP contribution in [0.3, 0.4) is 0 Å². The second kappa shape index (κ2) is 11.1. The lowest BCUT2D eigenvalue weighted by atomic mass is 10.1. The number of rotatable bonds is 6. The van der Waals surface area contributed by atoms with Crippen LogP contribution in [0.2, 0.25) is 0 Å². The summed E-state index contributed by atoms with van der Waals surface area (Å²) < 4.78 is 0. The molecule has 2 aliphatic rings. The zero-order valence-electron chi connectivity index (χ0n) is 16.2. The molecular weight excluding hydrogens is 471 g/mol. The van der Waals surface area contributed by atoms with E-state index in [1.807, 2.05) is 29.8 Å². The summed E-state index contributed by atoms with van der Waals surface area (Å²) in [7, 11) is 1.82. The summed E-state index contributed by atoms with van der Waals surface area (Å²) in [5.41, 5.74) is 2.44. The number of guanidine groups is 1. The fourth-order valence-corrected chi connectivity index (χ4v) is 4.61. The third-order valence-corrected chi connectivity index (χ3v) is 6.47. The Bertz CT molecular complexity index is 655. The van der Waals surface area contributed by atoms with Gasteiger partial charge in [0.25, 0.3) is 0 Å². The zero-order chi connectivity index (χ0) is 18.4. The maximum atomic E-state index is 11.9. The molecule has 0 spiro atoms. The number of carbonyl (C=O) groups is 1. The van der Waals surface area contributed by atoms with Crippen LogP contribution >= 0.6 is 35.7 Å². The second-order valence-corrected chi connectivity index (χ2v) is 8.26. The average Bonchev–Trinajstić information content (AvgIpc) is 3.28. The van der Waals surface area contributed by atoms with E-state index in [0.29, 0.717) is 19.0 Å². The Hall–Kier alpha value is -0.960. The van der Waals surface area contributed by atoms with Gasteiger partial charge in [-0.25, -0.2) is 0 Å². The Morgan fingerprint density at radius 1 is 1.30 bits per heavy atom. The molecule has 27 heavy (non-hydrogen) atoms. The summed E-state index contributed by atoms with van der Waals surface area (Å²) >= 11 is 1.97. The molecule has 2 N–H and O–H groups in total. The molecule has 7 heteroatoms. The Balaban J connectivity index is 0.00000261. The fourth-order valence-electron chi connectivity index (χ4n) is 3.81. The first-order chi connectivity index (χ1) is 12.7. The van der Waals surface area contributed by atoms with Gasteiger partial charge in [-0.1, -0.05) is 24.3 Å². The van der Waals surface area contributed by atoms with Gasteiger partial charge in [0.15, 0.2) is 5.96 Å². The largest absolute Gasteiger partial charge is 0.354 e. The Morgan fingerprint density at radius 2 is 2.07 bits per heavy atom. The molecule has 1 aliphatic heterocycles. The van der Waals surface area contributed by atoms with Crippen LogP contribution in [0.15, 0.2) is 29.3 Å². The van der Waals surface area contributed by atoms with Gasteiger partial charge in [-0.15, -0.1) is 24.0 Å². The smallest absolute Gasteiger partial charge is 0.222 e. The SMILES string of the molecule is CN=C(NCc1ccccc1CN1CCCC1=O)NC1CCC(SC)C1.I. The van der Waals surface area contributed by atoms with Crippen molar-refractivity contribution in [1.29, 1.82) is 0 Å². The molecule has 5 nitrogen and oxygen atoms in total. The first-order valence-corrected chi connectivity index (χ1v) is 10.8. The third kappa shape index (κ3) is 6.27. The van der Waals surface area contributed by atoms with E-state index in [4.69, 9.17) is 0 Å². The highest BCUT2D eigenvalue weighted by Gasteiger charge is 2.24. The van der Waals surface area contributed by atoms with Gasteiger partial charge in [0.05, 0.1) is 0 Å². The molecule has 1 aliphatic carbocycles. The number of carbonyl (C=O) groups excluding carboxylic acids is 1. The van der Waals surface area contributed by atoms with Crippen LogP contribution in [-0.2, 0) is 17.9 Å². The lowest BCUT2D eigenvalue weighted by Gasteiger charge is -2.20. The van der Waals surface area contributed by atoms with Gasteiger partial charge in [-0.3, -0.25) is 9.79 Å². The second-order valence-electron chi connectivity index (χ2n) is 7.13. The molecule has 2 fully saturated rings. The number of hydrogen-bond acceptors (Lipinski definition) is 3. The minimum atomic E-state index is 0. The molecule has 1 aromatic carbocycles. The van der Waals surface area contributed by atoms with Crippen molar-refractivity contribution in [2.75, 3.05) is 19.8 Å². The van der Waals surface area contributed by atoms with Gasteiger partial charge in [0.1, 0.15) is 0 Å². The van der Waals surface area contributed by atoms with E-state index in [-0.39, 0.29) is 29.9 Å². The predicted octanol–water partition coefficient (Wildman–Crippen LogP) is 3.38. The predicted molar refractivity (Wildman–Crippen MR) is 125 cm³/mol. The molecule has 1 amide bonds. The Kier molecular flexibility index (Phi) is 9.21. The standard InChI is InChI=1S/C20H30N4OS.HI/c1-21-20(23-17-9-10-18(12-17)26-2)22-13-15-6-3-4-7-16(15)14-24-11-5-8-19(24)25;/h3-4,6-7,17-18H,5,8-14H2,1-2H3,(H2,21,22,23);1H. The van der Waals surface area contributed by atoms with Crippen molar-refractivity contribution in [3.05, 3.63) is 35.4 Å². The molecule has 1 saturated heterocycles. The number of benzene rings is 1. The highest BCUT2D eigenvalue weighted by molar-refractivity contribution is 14.0. The summed E-state index contributed by atoms with van der Waals surface area (Å²) in [4.78, 5) is 18.3. The van der Waals surface area contributed by atoms with Crippen LogP contribution in [0, 0.1) is 0 Å². The van der Waals surface area contributed by atoms with E-state index in [1.165, 1.54) is 30.4 Å². The molecule has 0 radical (unpaired) electrons. The number of amides is 1. The topological polar surface area (TPSA) is 56.7 Å². The first kappa shape index (κ1) is 22.3. The molecule has 1 saturated carbocycles. The van der Waals surface area contributed by atoms with Crippen molar-refractivity contribution >= 4 is 47.6 Å². The van der Waals surface area contributed by atoms with Crippen molar-refractivity contribution in [1.82, 2.24) is 15.5 Å². The number of thioether (sulfide) groups is 1. The van der Waals surface area contributed by atoms with Crippen molar-refractivity contribution in [3.8, 4) is 0 Å². The number of nitrogens with zero attached hydrogens (tertiary/aromatic N) is 2. The molecule has 0 aromatic heterocycles. The van der Waals surface area contributed by atoms with E-state index < -0.39 is 0 Å². The summed E-state index contributed by atoms with van der Waals surface area (Å²) in [5, 5.41) is 7.78. The van der Waals surface area contributed by atoms with Crippen LogP contribution in [0.1, 0.15) is 43.2 Å². The number of likely N-dealkylation sites (tertiary alicyclic amines) is 1. The molecule has 0 bridgehead atoms. The number of aliphatic imine (C=N–C) groups is 1. The lowest BCUT2D eigenvalue weighted by molar-refractivity contribution is -0.128. The molecule has 2 atom stereocenters. The minimum Gasteiger partial charge on any atom is -0.354 e. The normalized spacial score (nSPS) is 22.7. The summed E-state index contributed by atoms with van der Waals surface area (Å²) in [5.74, 6) is 1.14. The monoisotopic (exact) mass is 502 g/mol. The fraction of sp³-hybridized carbons (Fsp3) is 0.600. The van der Waals surface area contributed by atoms with Crippen molar-refractivity contribution in [2.24, 2.45) is 4.99 Å². The van der Waals surface area contributed by atoms with Gasteiger partial charge < -0.3 is 15.5 Å². The minimum absolute atomic E-state index is 0. The third-order valence-electron chi connectivity index (χ3n) is 5.38. The summed E-state index contributed by atoms with van der Waals surface area (Å²) in [6, 6.07) is 8.88. The van der Waals surface area contributed by atoms with Crippen molar-refractivity contribution in [3.63, 3.8) is 0 Å². The van der Waals surface area contributed by atoms with E-state index in [2.05, 4.69) is 40.1 Å². The number of halogens is 1. The van der Waals surface area contributed by atoms with E-state index in [9.17, 15) is 4.79 Å². The van der Waals surface area contributed by atoms with Gasteiger partial charge in [-0.2, -0.15) is 11.8 Å². The summed E-state index contributed by atoms with van der Waals surface area (Å²) in [6.45, 7) is 2.30. The maximum Gasteiger partial charge on any atom is 0.222 e. The maximum absolute atomic E-state index is 11.9. The first-order valence-electron chi connectivity index (χ1n) is 9.54. The lowest BCUT2D eigenvalue weighted by Crippen LogP contribution is -2.42. The van der Waals surface area contributed by atoms with Gasteiger partial charge in [0, 0.05) is 44.4 Å². The molecule has 3 rings (SSSR count). The van der Waals surface area contributed by atoms with Gasteiger partial charge in [-0.05, 0) is 43.1 Å². The molecule has 2 unspecified atom stereocenters. The Labute approximate surface area is 184 Å². The quantitative estimate of drug-likeness (QED) is 0.356. The highest BCUT2D eigenvalue weighted by atomic mass is 127. The zero-order valence-corrected chi connectivity index (χ0v) is 19.4. The van der Waals surface area contributed by atoms with Crippen molar-refractivity contribution < 1.29 is 4.79 Å². The van der Waals surface area contributed by atoms with Crippen LogP contribution in [0.25, 0.3) is 0 Å². The summed E-state index contributed by atoms with van der Waals surface area (Å²) in [6.07, 6.45) is 7.56. The van der Waals surface area contributed by atoms with Crippen LogP contribution < -0.4 is 10.6 Å². The average molecular weight is 502 g/mol. The van der Waals surface area contributed by atoms with Crippen LogP contribution in [-0.4, -0.2) is 47.9 Å². The molecule has 1 aromatic rings. The molecule has 150 valence electrons. The molecular formula is C20H31IN4OS. The van der Waals surface area contributed by atoms with Gasteiger partial charge >= 0.3 is 0 Å². The Morgan fingerprint density at radius 3 is 2.70 bits per heavy atom. The number of nitrogens with one attached hydrogen (secondary N) is 2. The number of hydrogen-bond donors (Lipinski definition) is 2. The molecule has 1 heterocycles. The van der Waals surface area contributed by atoms with Crippen molar-refractivity contribution in [2.45, 2.75) is 56.5 Å². The van der Waals surface area contributed by atoms with Crippen LogP contribution in [0.5, 0.6) is 0 Å².